The average molecular weight is 358 g/mol. The predicted octanol–water partition coefficient (Wildman–Crippen LogP) is 4.54. The summed E-state index contributed by atoms with van der Waals surface area (Å²) < 4.78 is 1.09. The highest BCUT2D eigenvalue weighted by molar-refractivity contribution is 9.10. The van der Waals surface area contributed by atoms with Gasteiger partial charge in [0.15, 0.2) is 0 Å². The Labute approximate surface area is 130 Å². The summed E-state index contributed by atoms with van der Waals surface area (Å²) in [7, 11) is 0. The summed E-state index contributed by atoms with van der Waals surface area (Å²) in [5, 5.41) is 1.58. The van der Waals surface area contributed by atoms with Crippen LogP contribution in [0.1, 0.15) is 12.5 Å². The molecule has 1 aromatic carbocycles. The zero-order valence-electron chi connectivity index (χ0n) is 10.4. The average Bonchev–Trinajstić information content (AvgIpc) is 2.35. The fraction of sp³-hybridized carbons (Fsp3) is 0.214. The Morgan fingerprint density at radius 1 is 1.37 bits per heavy atom. The number of pyridine rings is 1. The standard InChI is InChI=1S/C14H14BrClN2S/c1-9(17)6-10-2-4-12(7-13(10)15)19-14-5-3-11(16)8-18-14/h2-5,7-9H,6,17H2,1H3. The summed E-state index contributed by atoms with van der Waals surface area (Å²) in [6, 6.07) is 10.2. The summed E-state index contributed by atoms with van der Waals surface area (Å²) in [6.45, 7) is 2.01. The van der Waals surface area contributed by atoms with E-state index in [1.165, 1.54) is 5.56 Å². The van der Waals surface area contributed by atoms with Gasteiger partial charge in [0.2, 0.25) is 0 Å². The Hall–Kier alpha value is -0.550. The van der Waals surface area contributed by atoms with Crippen molar-refractivity contribution in [2.24, 2.45) is 5.73 Å². The highest BCUT2D eigenvalue weighted by Crippen LogP contribution is 2.30. The van der Waals surface area contributed by atoms with Crippen LogP contribution in [0.25, 0.3) is 0 Å². The van der Waals surface area contributed by atoms with Gasteiger partial charge in [-0.3, -0.25) is 0 Å². The highest BCUT2D eigenvalue weighted by atomic mass is 79.9. The van der Waals surface area contributed by atoms with E-state index in [4.69, 9.17) is 17.3 Å². The first-order valence-electron chi connectivity index (χ1n) is 5.88. The monoisotopic (exact) mass is 356 g/mol. The van der Waals surface area contributed by atoms with Crippen LogP contribution in [0.4, 0.5) is 0 Å². The first kappa shape index (κ1) is 14.9. The number of nitrogens with two attached hydrogens (primary N) is 1. The topological polar surface area (TPSA) is 38.9 Å². The molecule has 0 aliphatic rings. The molecule has 0 fully saturated rings. The van der Waals surface area contributed by atoms with Crippen LogP contribution in [0.15, 0.2) is 50.9 Å². The molecule has 2 aromatic rings. The summed E-state index contributed by atoms with van der Waals surface area (Å²) in [5.41, 5.74) is 7.05. The van der Waals surface area contributed by atoms with E-state index in [0.717, 1.165) is 20.8 Å². The van der Waals surface area contributed by atoms with Gasteiger partial charge in [0.1, 0.15) is 5.03 Å². The number of benzene rings is 1. The molecule has 0 saturated heterocycles. The van der Waals surface area contributed by atoms with Crippen molar-refractivity contribution in [3.05, 3.63) is 51.6 Å². The Morgan fingerprint density at radius 2 is 2.16 bits per heavy atom. The molecule has 2 N–H and O–H groups in total. The van der Waals surface area contributed by atoms with Gasteiger partial charge in [0.25, 0.3) is 0 Å². The normalized spacial score (nSPS) is 12.4. The molecule has 100 valence electrons. The number of hydrogen-bond donors (Lipinski definition) is 1. The van der Waals surface area contributed by atoms with Crippen molar-refractivity contribution in [2.75, 3.05) is 0 Å². The Morgan fingerprint density at radius 3 is 2.74 bits per heavy atom. The first-order chi connectivity index (χ1) is 9.04. The number of halogens is 2. The number of hydrogen-bond acceptors (Lipinski definition) is 3. The smallest absolute Gasteiger partial charge is 0.101 e. The molecule has 0 saturated carbocycles. The fourth-order valence-electron chi connectivity index (χ4n) is 1.65. The van der Waals surface area contributed by atoms with Crippen LogP contribution in [0, 0.1) is 0 Å². The summed E-state index contributed by atoms with van der Waals surface area (Å²) in [6.07, 6.45) is 2.52. The van der Waals surface area contributed by atoms with Gasteiger partial charge in [-0.25, -0.2) is 4.98 Å². The maximum atomic E-state index is 5.82. The fourth-order valence-corrected chi connectivity index (χ4v) is 3.25. The molecule has 1 aromatic heterocycles. The van der Waals surface area contributed by atoms with Gasteiger partial charge in [0, 0.05) is 21.6 Å². The van der Waals surface area contributed by atoms with E-state index in [1.54, 1.807) is 18.0 Å². The van der Waals surface area contributed by atoms with E-state index in [2.05, 4.69) is 39.1 Å². The highest BCUT2D eigenvalue weighted by Gasteiger charge is 2.06. The van der Waals surface area contributed by atoms with Gasteiger partial charge < -0.3 is 5.73 Å². The van der Waals surface area contributed by atoms with Crippen molar-refractivity contribution < 1.29 is 0 Å². The van der Waals surface area contributed by atoms with Gasteiger partial charge in [-0.1, -0.05) is 45.4 Å². The largest absolute Gasteiger partial charge is 0.328 e. The van der Waals surface area contributed by atoms with E-state index in [9.17, 15) is 0 Å². The third-order valence-corrected chi connectivity index (χ3v) is 4.39. The number of nitrogens with zero attached hydrogens (tertiary/aromatic N) is 1. The van der Waals surface area contributed by atoms with Crippen molar-refractivity contribution >= 4 is 39.3 Å². The minimum atomic E-state index is 0.160. The molecule has 2 nitrogen and oxygen atoms in total. The van der Waals surface area contributed by atoms with Gasteiger partial charge in [0.05, 0.1) is 5.02 Å². The van der Waals surface area contributed by atoms with Crippen LogP contribution in [0.2, 0.25) is 5.02 Å². The van der Waals surface area contributed by atoms with E-state index in [1.807, 2.05) is 19.1 Å². The predicted molar refractivity (Wildman–Crippen MR) is 84.9 cm³/mol. The summed E-state index contributed by atoms with van der Waals surface area (Å²) >= 11 is 11.0. The lowest BCUT2D eigenvalue weighted by molar-refractivity contribution is 0.735. The van der Waals surface area contributed by atoms with Crippen molar-refractivity contribution in [1.29, 1.82) is 0 Å². The van der Waals surface area contributed by atoms with Gasteiger partial charge in [-0.15, -0.1) is 0 Å². The van der Waals surface area contributed by atoms with E-state index in [0.29, 0.717) is 5.02 Å². The van der Waals surface area contributed by atoms with Crippen molar-refractivity contribution in [2.45, 2.75) is 29.3 Å². The Balaban J connectivity index is 2.13. The molecule has 0 aliphatic heterocycles. The van der Waals surface area contributed by atoms with Gasteiger partial charge >= 0.3 is 0 Å². The lowest BCUT2D eigenvalue weighted by Gasteiger charge is -2.09. The SMILES string of the molecule is CC(N)Cc1ccc(Sc2ccc(Cl)cn2)cc1Br. The summed E-state index contributed by atoms with van der Waals surface area (Å²) in [5.74, 6) is 0. The van der Waals surface area contributed by atoms with E-state index < -0.39 is 0 Å². The molecule has 0 spiro atoms. The second kappa shape index (κ2) is 6.75. The Kier molecular flexibility index (Phi) is 5.28. The maximum Gasteiger partial charge on any atom is 0.101 e. The van der Waals surface area contributed by atoms with E-state index >= 15 is 0 Å². The summed E-state index contributed by atoms with van der Waals surface area (Å²) in [4.78, 5) is 5.40. The number of rotatable bonds is 4. The van der Waals surface area contributed by atoms with Crippen molar-refractivity contribution in [3.63, 3.8) is 0 Å². The quantitative estimate of drug-likeness (QED) is 0.873. The molecule has 1 atom stereocenters. The third-order valence-electron chi connectivity index (χ3n) is 2.49. The zero-order chi connectivity index (χ0) is 13.8. The van der Waals surface area contributed by atoms with Crippen LogP contribution < -0.4 is 5.73 Å². The zero-order valence-corrected chi connectivity index (χ0v) is 13.6. The lowest BCUT2D eigenvalue weighted by Crippen LogP contribution is -2.17. The van der Waals surface area contributed by atoms with Crippen LogP contribution in [0.3, 0.4) is 0 Å². The molecule has 1 heterocycles. The third kappa shape index (κ3) is 4.49. The molecule has 0 amide bonds. The molecular weight excluding hydrogens is 344 g/mol. The van der Waals surface area contributed by atoms with E-state index in [-0.39, 0.29) is 6.04 Å². The van der Waals surface area contributed by atoms with Crippen LogP contribution in [0.5, 0.6) is 0 Å². The molecule has 0 bridgehead atoms. The molecular formula is C14H14BrClN2S. The van der Waals surface area contributed by atoms with Gasteiger partial charge in [-0.05, 0) is 43.2 Å². The first-order valence-corrected chi connectivity index (χ1v) is 7.87. The van der Waals surface area contributed by atoms with Gasteiger partial charge in [-0.2, -0.15) is 0 Å². The second-order valence-electron chi connectivity index (χ2n) is 4.35. The minimum absolute atomic E-state index is 0.160. The molecule has 0 aliphatic carbocycles. The molecule has 2 rings (SSSR count). The second-order valence-corrected chi connectivity index (χ2v) is 6.74. The van der Waals surface area contributed by atoms with Crippen LogP contribution in [-0.2, 0) is 6.42 Å². The molecule has 19 heavy (non-hydrogen) atoms. The van der Waals surface area contributed by atoms with Crippen molar-refractivity contribution in [1.82, 2.24) is 4.98 Å². The number of aromatic nitrogens is 1. The molecule has 1 unspecified atom stereocenters. The maximum absolute atomic E-state index is 5.82. The minimum Gasteiger partial charge on any atom is -0.328 e. The molecule has 0 radical (unpaired) electrons. The lowest BCUT2D eigenvalue weighted by atomic mass is 10.1. The molecule has 5 heteroatoms. The van der Waals surface area contributed by atoms with Crippen molar-refractivity contribution in [3.8, 4) is 0 Å². The van der Waals surface area contributed by atoms with Crippen LogP contribution >= 0.6 is 39.3 Å². The Bertz CT molecular complexity index is 558. The van der Waals surface area contributed by atoms with Crippen LogP contribution in [-0.4, -0.2) is 11.0 Å².